The maximum Gasteiger partial charge on any atom is 0.124 e. The number of benzene rings is 1. The van der Waals surface area contributed by atoms with Crippen LogP contribution in [0.2, 0.25) is 0 Å². The fourth-order valence-electron chi connectivity index (χ4n) is 1.93. The molecule has 0 N–H and O–H groups in total. The fraction of sp³-hybridized carbons (Fsp3) is 0.308. The summed E-state index contributed by atoms with van der Waals surface area (Å²) in [4.78, 5) is 10.4. The van der Waals surface area contributed by atoms with Crippen LogP contribution in [-0.2, 0) is 11.2 Å². The molecule has 0 aliphatic heterocycles. The Morgan fingerprint density at radius 1 is 1.36 bits per heavy atom. The van der Waals surface area contributed by atoms with E-state index in [0.717, 1.165) is 19.1 Å². The Kier molecular flexibility index (Phi) is 2.49. The third-order valence-corrected chi connectivity index (χ3v) is 2.72. The second kappa shape index (κ2) is 3.79. The molecule has 0 atom stereocenters. The van der Waals surface area contributed by atoms with Gasteiger partial charge in [-0.1, -0.05) is 35.4 Å². The molecule has 0 spiro atoms. The first-order valence-electron chi connectivity index (χ1n) is 5.02. The maximum atomic E-state index is 10.4. The lowest BCUT2D eigenvalue weighted by molar-refractivity contribution is -0.107. The number of hydrogen-bond acceptors (Lipinski definition) is 1. The zero-order valence-electron chi connectivity index (χ0n) is 8.42. The summed E-state index contributed by atoms with van der Waals surface area (Å²) in [6, 6.07) is 6.54. The number of aryl methyl sites for hydroxylation is 2. The first-order valence-corrected chi connectivity index (χ1v) is 5.02. The van der Waals surface area contributed by atoms with Crippen molar-refractivity contribution in [3.63, 3.8) is 0 Å². The highest BCUT2D eigenvalue weighted by atomic mass is 16.1. The number of fused-ring (bicyclic) bond motifs is 1. The average Bonchev–Trinajstić information content (AvgIpc) is 2.17. The normalized spacial score (nSPS) is 14.5. The van der Waals surface area contributed by atoms with Gasteiger partial charge >= 0.3 is 0 Å². The molecule has 0 saturated carbocycles. The van der Waals surface area contributed by atoms with Crippen molar-refractivity contribution in [1.82, 2.24) is 0 Å². The molecule has 0 aromatic heterocycles. The van der Waals surface area contributed by atoms with E-state index in [2.05, 4.69) is 31.2 Å². The Morgan fingerprint density at radius 3 is 3.00 bits per heavy atom. The molecule has 1 nitrogen and oxygen atoms in total. The second-order valence-electron chi connectivity index (χ2n) is 3.88. The minimum Gasteiger partial charge on any atom is -0.303 e. The number of rotatable bonds is 2. The summed E-state index contributed by atoms with van der Waals surface area (Å²) in [6.45, 7) is 2.10. The smallest absolute Gasteiger partial charge is 0.124 e. The molecular formula is C13H14O. The van der Waals surface area contributed by atoms with E-state index in [4.69, 9.17) is 0 Å². The lowest BCUT2D eigenvalue weighted by Gasteiger charge is -2.15. The summed E-state index contributed by atoms with van der Waals surface area (Å²) in [5.41, 5.74) is 5.25. The van der Waals surface area contributed by atoms with Gasteiger partial charge in [0.2, 0.25) is 0 Å². The van der Waals surface area contributed by atoms with Crippen LogP contribution in [0, 0.1) is 6.92 Å². The van der Waals surface area contributed by atoms with Crippen molar-refractivity contribution < 1.29 is 4.79 Å². The van der Waals surface area contributed by atoms with Crippen LogP contribution in [0.3, 0.4) is 0 Å². The van der Waals surface area contributed by atoms with Gasteiger partial charge in [0.25, 0.3) is 0 Å². The summed E-state index contributed by atoms with van der Waals surface area (Å²) in [5, 5.41) is 0. The van der Waals surface area contributed by atoms with E-state index in [9.17, 15) is 4.79 Å². The van der Waals surface area contributed by atoms with Crippen LogP contribution in [0.1, 0.15) is 29.5 Å². The molecule has 1 aromatic rings. The molecule has 0 radical (unpaired) electrons. The van der Waals surface area contributed by atoms with Gasteiger partial charge in [-0.3, -0.25) is 0 Å². The molecule has 1 heteroatoms. The number of hydrogen-bond donors (Lipinski definition) is 0. The summed E-state index contributed by atoms with van der Waals surface area (Å²) in [7, 11) is 0. The maximum absolute atomic E-state index is 10.4. The van der Waals surface area contributed by atoms with E-state index in [1.165, 1.54) is 22.3 Å². The minimum atomic E-state index is 0.591. The molecule has 0 heterocycles. The molecular weight excluding hydrogens is 172 g/mol. The highest BCUT2D eigenvalue weighted by Crippen LogP contribution is 2.25. The van der Waals surface area contributed by atoms with Crippen LogP contribution < -0.4 is 0 Å². The van der Waals surface area contributed by atoms with Crippen molar-refractivity contribution in [1.29, 1.82) is 0 Å². The van der Waals surface area contributed by atoms with Crippen molar-refractivity contribution in [2.45, 2.75) is 26.2 Å². The van der Waals surface area contributed by atoms with Gasteiger partial charge in [-0.05, 0) is 30.9 Å². The van der Waals surface area contributed by atoms with Gasteiger partial charge in [-0.25, -0.2) is 0 Å². The molecule has 1 aliphatic rings. The van der Waals surface area contributed by atoms with Gasteiger partial charge in [-0.2, -0.15) is 0 Å². The Hall–Kier alpha value is -1.37. The molecule has 0 unspecified atom stereocenters. The Bertz CT molecular complexity index is 388. The molecule has 0 amide bonds. The summed E-state index contributed by atoms with van der Waals surface area (Å²) in [5.74, 6) is 0. The summed E-state index contributed by atoms with van der Waals surface area (Å²) < 4.78 is 0. The first kappa shape index (κ1) is 9.20. The van der Waals surface area contributed by atoms with E-state index in [1.54, 1.807) is 0 Å². The van der Waals surface area contributed by atoms with E-state index >= 15 is 0 Å². The van der Waals surface area contributed by atoms with Crippen LogP contribution in [0.4, 0.5) is 0 Å². The lowest BCUT2D eigenvalue weighted by Crippen LogP contribution is -2.00. The zero-order chi connectivity index (χ0) is 9.97. The van der Waals surface area contributed by atoms with Crippen molar-refractivity contribution in [3.8, 4) is 0 Å². The summed E-state index contributed by atoms with van der Waals surface area (Å²) >= 11 is 0. The number of carbonyl (C=O) groups is 1. The van der Waals surface area contributed by atoms with Crippen LogP contribution >= 0.6 is 0 Å². The molecule has 2 rings (SSSR count). The minimum absolute atomic E-state index is 0.591. The van der Waals surface area contributed by atoms with E-state index < -0.39 is 0 Å². The van der Waals surface area contributed by atoms with Gasteiger partial charge in [0.15, 0.2) is 0 Å². The van der Waals surface area contributed by atoms with Gasteiger partial charge in [0, 0.05) is 6.42 Å². The molecule has 1 aromatic carbocycles. The Labute approximate surface area is 84.5 Å². The average molecular weight is 186 g/mol. The van der Waals surface area contributed by atoms with Crippen molar-refractivity contribution in [2.24, 2.45) is 0 Å². The number of aldehydes is 1. The quantitative estimate of drug-likeness (QED) is 0.649. The highest BCUT2D eigenvalue weighted by Gasteiger charge is 2.09. The van der Waals surface area contributed by atoms with Crippen LogP contribution in [-0.4, -0.2) is 6.29 Å². The zero-order valence-corrected chi connectivity index (χ0v) is 8.42. The van der Waals surface area contributed by atoms with Crippen molar-refractivity contribution in [3.05, 3.63) is 40.5 Å². The first-order chi connectivity index (χ1) is 6.79. The monoisotopic (exact) mass is 186 g/mol. The van der Waals surface area contributed by atoms with Gasteiger partial charge < -0.3 is 4.79 Å². The molecule has 0 saturated heterocycles. The summed E-state index contributed by atoms with van der Waals surface area (Å²) in [6.07, 6.45) is 5.87. The van der Waals surface area contributed by atoms with Gasteiger partial charge in [-0.15, -0.1) is 0 Å². The van der Waals surface area contributed by atoms with E-state index in [0.29, 0.717) is 6.42 Å². The van der Waals surface area contributed by atoms with Crippen LogP contribution in [0.15, 0.2) is 23.8 Å². The third-order valence-electron chi connectivity index (χ3n) is 2.72. The molecule has 0 bridgehead atoms. The highest BCUT2D eigenvalue weighted by molar-refractivity contribution is 5.65. The van der Waals surface area contributed by atoms with Crippen molar-refractivity contribution >= 4 is 12.4 Å². The Morgan fingerprint density at radius 2 is 2.21 bits per heavy atom. The predicted molar refractivity (Wildman–Crippen MR) is 58.2 cm³/mol. The largest absolute Gasteiger partial charge is 0.303 e. The Balaban J connectivity index is 2.36. The fourth-order valence-corrected chi connectivity index (χ4v) is 1.93. The number of carbonyl (C=O) groups excluding carboxylic acids is 1. The molecule has 14 heavy (non-hydrogen) atoms. The van der Waals surface area contributed by atoms with Crippen molar-refractivity contribution in [2.75, 3.05) is 0 Å². The third kappa shape index (κ3) is 1.77. The second-order valence-corrected chi connectivity index (χ2v) is 3.88. The predicted octanol–water partition coefficient (Wildman–Crippen LogP) is 2.91. The number of allylic oxidation sites excluding steroid dienone is 1. The molecule has 0 fully saturated rings. The van der Waals surface area contributed by atoms with Crippen LogP contribution in [0.25, 0.3) is 6.08 Å². The lowest BCUT2D eigenvalue weighted by atomic mass is 9.90. The van der Waals surface area contributed by atoms with E-state index in [-0.39, 0.29) is 0 Å². The molecule has 1 aliphatic carbocycles. The molecule has 72 valence electrons. The SMILES string of the molecule is Cc1ccc2c(c1)C=C(CC=O)CC2. The standard InChI is InChI=1S/C13H14O/c1-10-2-4-12-5-3-11(6-7-14)9-13(12)8-10/h2,4,7-9H,3,5-6H2,1H3. The van der Waals surface area contributed by atoms with Gasteiger partial charge in [0.05, 0.1) is 0 Å². The topological polar surface area (TPSA) is 17.1 Å². The van der Waals surface area contributed by atoms with Gasteiger partial charge in [0.1, 0.15) is 6.29 Å². The van der Waals surface area contributed by atoms with E-state index in [1.807, 2.05) is 0 Å². The van der Waals surface area contributed by atoms with Crippen LogP contribution in [0.5, 0.6) is 0 Å².